The number of rotatable bonds is 2. The molecule has 0 atom stereocenters. The summed E-state index contributed by atoms with van der Waals surface area (Å²) in [4.78, 5) is 1.78. The fourth-order valence-electron chi connectivity index (χ4n) is 2.09. The SMILES string of the molecule is O=S1(=O)CCCN(Cc2c(F)ccc(Br)c2F)CC1. The van der Waals surface area contributed by atoms with Crippen molar-refractivity contribution in [3.05, 3.63) is 33.8 Å². The van der Waals surface area contributed by atoms with Crippen molar-refractivity contribution in [2.45, 2.75) is 13.0 Å². The lowest BCUT2D eigenvalue weighted by atomic mass is 10.2. The third-order valence-corrected chi connectivity index (χ3v) is 5.50. The van der Waals surface area contributed by atoms with Gasteiger partial charge < -0.3 is 0 Å². The molecule has 2 rings (SSSR count). The highest BCUT2D eigenvalue weighted by molar-refractivity contribution is 9.10. The van der Waals surface area contributed by atoms with Crippen molar-refractivity contribution < 1.29 is 17.2 Å². The van der Waals surface area contributed by atoms with E-state index < -0.39 is 21.5 Å². The molecule has 19 heavy (non-hydrogen) atoms. The highest BCUT2D eigenvalue weighted by atomic mass is 79.9. The molecule has 1 aliphatic rings. The lowest BCUT2D eigenvalue weighted by Gasteiger charge is -2.20. The third-order valence-electron chi connectivity index (χ3n) is 3.17. The molecule has 1 saturated heterocycles. The van der Waals surface area contributed by atoms with Crippen LogP contribution in [-0.2, 0) is 16.4 Å². The van der Waals surface area contributed by atoms with Crippen LogP contribution < -0.4 is 0 Å². The van der Waals surface area contributed by atoms with Crippen LogP contribution in [0.2, 0.25) is 0 Å². The largest absolute Gasteiger partial charge is 0.298 e. The molecule has 1 heterocycles. The second-order valence-electron chi connectivity index (χ2n) is 4.60. The minimum Gasteiger partial charge on any atom is -0.298 e. The van der Waals surface area contributed by atoms with Gasteiger partial charge in [0.25, 0.3) is 0 Å². The zero-order valence-corrected chi connectivity index (χ0v) is 12.6. The van der Waals surface area contributed by atoms with E-state index in [9.17, 15) is 17.2 Å². The molecule has 0 unspecified atom stereocenters. The first-order chi connectivity index (χ1) is 8.89. The van der Waals surface area contributed by atoms with Crippen molar-refractivity contribution in [2.24, 2.45) is 0 Å². The van der Waals surface area contributed by atoms with Gasteiger partial charge in [0.15, 0.2) is 9.84 Å². The lowest BCUT2D eigenvalue weighted by Crippen LogP contribution is -2.27. The van der Waals surface area contributed by atoms with Gasteiger partial charge in [-0.15, -0.1) is 0 Å². The minimum atomic E-state index is -3.01. The Hall–Kier alpha value is -0.530. The Morgan fingerprint density at radius 1 is 1.21 bits per heavy atom. The van der Waals surface area contributed by atoms with Crippen molar-refractivity contribution in [1.82, 2.24) is 4.90 Å². The Morgan fingerprint density at radius 3 is 2.68 bits per heavy atom. The predicted molar refractivity (Wildman–Crippen MR) is 72.6 cm³/mol. The minimum absolute atomic E-state index is 0.0197. The highest BCUT2D eigenvalue weighted by Crippen LogP contribution is 2.23. The van der Waals surface area contributed by atoms with Gasteiger partial charge in [0.1, 0.15) is 11.6 Å². The molecule has 3 nitrogen and oxygen atoms in total. The molecule has 0 saturated carbocycles. The molecule has 1 fully saturated rings. The van der Waals surface area contributed by atoms with Gasteiger partial charge in [0.2, 0.25) is 0 Å². The monoisotopic (exact) mass is 353 g/mol. The smallest absolute Gasteiger partial charge is 0.151 e. The van der Waals surface area contributed by atoms with E-state index in [4.69, 9.17) is 0 Å². The summed E-state index contributed by atoms with van der Waals surface area (Å²) in [5.41, 5.74) is -0.0197. The van der Waals surface area contributed by atoms with E-state index in [1.807, 2.05) is 0 Å². The van der Waals surface area contributed by atoms with Gasteiger partial charge in [-0.1, -0.05) is 0 Å². The fourth-order valence-corrected chi connectivity index (χ4v) is 3.77. The van der Waals surface area contributed by atoms with Crippen molar-refractivity contribution in [1.29, 1.82) is 0 Å². The summed E-state index contributed by atoms with van der Waals surface area (Å²) >= 11 is 3.02. The average molecular weight is 354 g/mol. The van der Waals surface area contributed by atoms with Gasteiger partial charge in [-0.2, -0.15) is 0 Å². The molecular formula is C12H14BrF2NO2S. The van der Waals surface area contributed by atoms with Crippen LogP contribution in [0.15, 0.2) is 16.6 Å². The van der Waals surface area contributed by atoms with Crippen molar-refractivity contribution in [3.63, 3.8) is 0 Å². The number of hydrogen-bond acceptors (Lipinski definition) is 3. The molecule has 0 aromatic heterocycles. The molecule has 106 valence electrons. The number of halogens is 3. The number of benzene rings is 1. The lowest BCUT2D eigenvalue weighted by molar-refractivity contribution is 0.277. The van der Waals surface area contributed by atoms with Crippen LogP contribution in [0, 0.1) is 11.6 Å². The first-order valence-corrected chi connectivity index (χ1v) is 8.55. The van der Waals surface area contributed by atoms with Gasteiger partial charge in [-0.25, -0.2) is 17.2 Å². The molecular weight excluding hydrogens is 340 g/mol. The van der Waals surface area contributed by atoms with Crippen LogP contribution >= 0.6 is 15.9 Å². The van der Waals surface area contributed by atoms with E-state index in [1.165, 1.54) is 12.1 Å². The summed E-state index contributed by atoms with van der Waals surface area (Å²) in [6, 6.07) is 2.53. The summed E-state index contributed by atoms with van der Waals surface area (Å²) in [5, 5.41) is 0. The van der Waals surface area contributed by atoms with E-state index in [-0.39, 0.29) is 28.1 Å². The van der Waals surface area contributed by atoms with E-state index in [1.54, 1.807) is 4.90 Å². The van der Waals surface area contributed by atoms with Gasteiger partial charge >= 0.3 is 0 Å². The highest BCUT2D eigenvalue weighted by Gasteiger charge is 2.21. The summed E-state index contributed by atoms with van der Waals surface area (Å²) in [7, 11) is -3.01. The van der Waals surface area contributed by atoms with Crippen LogP contribution in [0.4, 0.5) is 8.78 Å². The van der Waals surface area contributed by atoms with Crippen LogP contribution in [0.5, 0.6) is 0 Å². The quantitative estimate of drug-likeness (QED) is 0.766. The molecule has 0 aliphatic carbocycles. The zero-order chi connectivity index (χ0) is 14.0. The Kier molecular flexibility index (Phi) is 4.58. The third kappa shape index (κ3) is 3.73. The second-order valence-corrected chi connectivity index (χ2v) is 7.76. The summed E-state index contributed by atoms with van der Waals surface area (Å²) in [5.74, 6) is -1.03. The molecule has 0 N–H and O–H groups in total. The van der Waals surface area contributed by atoms with E-state index >= 15 is 0 Å². The second kappa shape index (κ2) is 5.85. The summed E-state index contributed by atoms with van der Waals surface area (Å²) in [6.45, 7) is 0.935. The summed E-state index contributed by atoms with van der Waals surface area (Å²) in [6.07, 6.45) is 0.500. The van der Waals surface area contributed by atoms with E-state index in [0.29, 0.717) is 19.5 Å². The van der Waals surface area contributed by atoms with Gasteiger partial charge in [0.05, 0.1) is 16.0 Å². The maximum atomic E-state index is 13.8. The van der Waals surface area contributed by atoms with Crippen molar-refractivity contribution >= 4 is 25.8 Å². The predicted octanol–water partition coefficient (Wildman–Crippen LogP) is 2.35. The normalized spacial score (nSPS) is 20.2. The fraction of sp³-hybridized carbons (Fsp3) is 0.500. The van der Waals surface area contributed by atoms with E-state index in [2.05, 4.69) is 15.9 Å². The Bertz CT molecular complexity index is 577. The van der Waals surface area contributed by atoms with Gasteiger partial charge in [0, 0.05) is 18.7 Å². The average Bonchev–Trinajstić information content (AvgIpc) is 2.51. The number of nitrogens with zero attached hydrogens (tertiary/aromatic N) is 1. The Morgan fingerprint density at radius 2 is 1.95 bits per heavy atom. The molecule has 1 aliphatic heterocycles. The van der Waals surface area contributed by atoms with Crippen LogP contribution in [-0.4, -0.2) is 37.9 Å². The maximum Gasteiger partial charge on any atom is 0.151 e. The van der Waals surface area contributed by atoms with Gasteiger partial charge in [-0.3, -0.25) is 4.90 Å². The molecule has 0 bridgehead atoms. The Balaban J connectivity index is 2.16. The Labute approximate surface area is 119 Å². The molecule has 7 heteroatoms. The standard InChI is InChI=1S/C12H14BrF2NO2S/c13-10-2-3-11(14)9(12(10)15)8-16-4-1-6-19(17,18)7-5-16/h2-3H,1,4-8H2. The van der Waals surface area contributed by atoms with Crippen LogP contribution in [0.1, 0.15) is 12.0 Å². The summed E-state index contributed by atoms with van der Waals surface area (Å²) < 4.78 is 50.6. The first-order valence-electron chi connectivity index (χ1n) is 5.94. The number of hydrogen-bond donors (Lipinski definition) is 0. The zero-order valence-electron chi connectivity index (χ0n) is 10.2. The molecule has 1 aromatic rings. The first kappa shape index (κ1) is 14.9. The molecule has 0 amide bonds. The maximum absolute atomic E-state index is 13.8. The van der Waals surface area contributed by atoms with E-state index in [0.717, 1.165) is 0 Å². The topological polar surface area (TPSA) is 37.4 Å². The van der Waals surface area contributed by atoms with Gasteiger partial charge in [-0.05, 0) is 41.0 Å². The molecule has 1 aromatic carbocycles. The molecule has 0 spiro atoms. The van der Waals surface area contributed by atoms with Crippen LogP contribution in [0.3, 0.4) is 0 Å². The van der Waals surface area contributed by atoms with Crippen LogP contribution in [0.25, 0.3) is 0 Å². The van der Waals surface area contributed by atoms with Crippen molar-refractivity contribution in [3.8, 4) is 0 Å². The molecule has 0 radical (unpaired) electrons. The van der Waals surface area contributed by atoms with Crippen molar-refractivity contribution in [2.75, 3.05) is 24.6 Å². The number of sulfone groups is 1.